The quantitative estimate of drug-likeness (QED) is 0.568. The molecule has 1 aliphatic rings. The van der Waals surface area contributed by atoms with E-state index in [9.17, 15) is 9.59 Å². The van der Waals surface area contributed by atoms with Gasteiger partial charge in [-0.25, -0.2) is 9.97 Å². The largest absolute Gasteiger partial charge is 0.368 e. The molecule has 3 N–H and O–H groups in total. The summed E-state index contributed by atoms with van der Waals surface area (Å²) >= 11 is 0. The van der Waals surface area contributed by atoms with Crippen LogP contribution in [0.3, 0.4) is 0 Å². The highest BCUT2D eigenvalue weighted by atomic mass is 16.2. The summed E-state index contributed by atoms with van der Waals surface area (Å²) in [5, 5.41) is 4.08. The van der Waals surface area contributed by atoms with E-state index in [0.29, 0.717) is 36.8 Å². The zero-order valence-electron chi connectivity index (χ0n) is 18.9. The molecule has 9 heteroatoms. The third kappa shape index (κ3) is 5.25. The number of primary amides is 1. The molecule has 0 saturated carbocycles. The molecule has 172 valence electrons. The maximum absolute atomic E-state index is 12.7. The van der Waals surface area contributed by atoms with Gasteiger partial charge in [-0.05, 0) is 30.2 Å². The van der Waals surface area contributed by atoms with E-state index in [4.69, 9.17) is 15.7 Å². The number of piperazine rings is 1. The van der Waals surface area contributed by atoms with Crippen LogP contribution in [0, 0.1) is 5.92 Å². The molecule has 33 heavy (non-hydrogen) atoms. The zero-order valence-corrected chi connectivity index (χ0v) is 18.9. The molecule has 1 atom stereocenters. The van der Waals surface area contributed by atoms with E-state index in [-0.39, 0.29) is 11.8 Å². The van der Waals surface area contributed by atoms with Crippen LogP contribution in [0.15, 0.2) is 48.8 Å². The number of hydrogen-bond donors (Lipinski definition) is 2. The molecule has 2 aromatic heterocycles. The van der Waals surface area contributed by atoms with Crippen LogP contribution in [-0.4, -0.2) is 68.8 Å². The molecule has 0 bridgehead atoms. The summed E-state index contributed by atoms with van der Waals surface area (Å²) in [6.45, 7) is 7.14. The standard InChI is InChI=1S/C24H29N7O2/c1-16(2)21(22(25)32)29-23-18-7-3-4-8-19(18)27-20(28-23)15-30-10-12-31(13-11-30)24(33)17-6-5-9-26-14-17/h3-9,14,16,21H,10-13,15H2,1-2H3,(H2,25,32)(H,27,28,29)/t21-/m0/s1. The highest BCUT2D eigenvalue weighted by molar-refractivity contribution is 5.94. The number of aromatic nitrogens is 3. The maximum Gasteiger partial charge on any atom is 0.255 e. The molecule has 1 saturated heterocycles. The summed E-state index contributed by atoms with van der Waals surface area (Å²) in [7, 11) is 0. The van der Waals surface area contributed by atoms with Crippen LogP contribution in [0.25, 0.3) is 10.9 Å². The first kappa shape index (κ1) is 22.6. The zero-order chi connectivity index (χ0) is 23.4. The average molecular weight is 448 g/mol. The number of amides is 2. The van der Waals surface area contributed by atoms with Gasteiger partial charge in [0.05, 0.1) is 17.6 Å². The van der Waals surface area contributed by atoms with Crippen molar-refractivity contribution in [3.05, 3.63) is 60.2 Å². The number of benzene rings is 1. The second-order valence-corrected chi connectivity index (χ2v) is 8.58. The van der Waals surface area contributed by atoms with Gasteiger partial charge in [0.1, 0.15) is 17.7 Å². The van der Waals surface area contributed by atoms with Gasteiger partial charge in [-0.3, -0.25) is 19.5 Å². The van der Waals surface area contributed by atoms with Gasteiger partial charge in [-0.2, -0.15) is 0 Å². The fourth-order valence-electron chi connectivity index (χ4n) is 4.00. The normalized spacial score (nSPS) is 15.5. The molecule has 4 rings (SSSR count). The van der Waals surface area contributed by atoms with Crippen LogP contribution in [0.2, 0.25) is 0 Å². The van der Waals surface area contributed by atoms with Gasteiger partial charge >= 0.3 is 0 Å². The molecule has 0 aliphatic carbocycles. The van der Waals surface area contributed by atoms with Gasteiger partial charge in [-0.15, -0.1) is 0 Å². The SMILES string of the molecule is CC(C)[C@H](Nc1nc(CN2CCN(C(=O)c3cccnc3)CC2)nc2ccccc12)C(N)=O. The number of fused-ring (bicyclic) bond motifs is 1. The molecule has 2 amide bonds. The van der Waals surface area contributed by atoms with Crippen LogP contribution in [0.5, 0.6) is 0 Å². The predicted molar refractivity (Wildman–Crippen MR) is 126 cm³/mol. The lowest BCUT2D eigenvalue weighted by Crippen LogP contribution is -2.48. The summed E-state index contributed by atoms with van der Waals surface area (Å²) in [6.07, 6.45) is 3.26. The van der Waals surface area contributed by atoms with Crippen LogP contribution in [0.4, 0.5) is 5.82 Å². The van der Waals surface area contributed by atoms with Crippen LogP contribution >= 0.6 is 0 Å². The van der Waals surface area contributed by atoms with E-state index in [1.807, 2.05) is 43.0 Å². The smallest absolute Gasteiger partial charge is 0.255 e. The van der Waals surface area contributed by atoms with Crippen molar-refractivity contribution in [3.63, 3.8) is 0 Å². The average Bonchev–Trinajstić information content (AvgIpc) is 2.82. The number of nitrogens with two attached hydrogens (primary N) is 1. The number of anilines is 1. The van der Waals surface area contributed by atoms with Gasteiger partial charge in [0.15, 0.2) is 0 Å². The minimum Gasteiger partial charge on any atom is -0.368 e. The van der Waals surface area contributed by atoms with Crippen molar-refractivity contribution in [2.75, 3.05) is 31.5 Å². The van der Waals surface area contributed by atoms with Crippen LogP contribution in [-0.2, 0) is 11.3 Å². The van der Waals surface area contributed by atoms with Crippen molar-refractivity contribution in [2.45, 2.75) is 26.4 Å². The molecule has 0 unspecified atom stereocenters. The van der Waals surface area contributed by atoms with Gasteiger partial charge in [0.25, 0.3) is 5.91 Å². The number of para-hydroxylation sites is 1. The molecule has 0 radical (unpaired) electrons. The molecule has 3 heterocycles. The van der Waals surface area contributed by atoms with E-state index >= 15 is 0 Å². The van der Waals surface area contributed by atoms with Crippen molar-refractivity contribution in [3.8, 4) is 0 Å². The first-order valence-corrected chi connectivity index (χ1v) is 11.2. The highest BCUT2D eigenvalue weighted by Crippen LogP contribution is 2.23. The number of carbonyl (C=O) groups is 2. The Kier molecular flexibility index (Phi) is 6.79. The maximum atomic E-state index is 12.7. The van der Waals surface area contributed by atoms with Gasteiger partial charge in [0.2, 0.25) is 5.91 Å². The first-order chi connectivity index (χ1) is 15.9. The van der Waals surface area contributed by atoms with E-state index < -0.39 is 11.9 Å². The molecule has 9 nitrogen and oxygen atoms in total. The lowest BCUT2D eigenvalue weighted by atomic mass is 10.0. The summed E-state index contributed by atoms with van der Waals surface area (Å²) in [5.74, 6) is 0.879. The topological polar surface area (TPSA) is 117 Å². The minimum atomic E-state index is -0.529. The van der Waals surface area contributed by atoms with Crippen molar-refractivity contribution in [2.24, 2.45) is 11.7 Å². The molecular formula is C24H29N7O2. The fraction of sp³-hybridized carbons (Fsp3) is 0.375. The summed E-state index contributed by atoms with van der Waals surface area (Å²) in [5.41, 5.74) is 7.02. The van der Waals surface area contributed by atoms with E-state index in [1.165, 1.54) is 0 Å². The Morgan fingerprint density at radius 1 is 1.06 bits per heavy atom. The lowest BCUT2D eigenvalue weighted by molar-refractivity contribution is -0.119. The van der Waals surface area contributed by atoms with Gasteiger partial charge in [0, 0.05) is 44.0 Å². The number of pyridine rings is 1. The highest BCUT2D eigenvalue weighted by Gasteiger charge is 2.24. The second-order valence-electron chi connectivity index (χ2n) is 8.58. The second kappa shape index (κ2) is 9.91. The van der Waals surface area contributed by atoms with Gasteiger partial charge < -0.3 is 16.0 Å². The van der Waals surface area contributed by atoms with E-state index in [2.05, 4.69) is 15.2 Å². The Balaban J connectivity index is 1.48. The molecule has 1 aromatic carbocycles. The monoisotopic (exact) mass is 447 g/mol. The lowest BCUT2D eigenvalue weighted by Gasteiger charge is -2.34. The molecule has 1 aliphatic heterocycles. The molecule has 0 spiro atoms. The number of rotatable bonds is 7. The first-order valence-electron chi connectivity index (χ1n) is 11.2. The van der Waals surface area contributed by atoms with Crippen molar-refractivity contribution >= 4 is 28.5 Å². The van der Waals surface area contributed by atoms with Crippen molar-refractivity contribution < 1.29 is 9.59 Å². The summed E-state index contributed by atoms with van der Waals surface area (Å²) < 4.78 is 0. The fourth-order valence-corrected chi connectivity index (χ4v) is 4.00. The minimum absolute atomic E-state index is 0.00219. The van der Waals surface area contributed by atoms with Gasteiger partial charge in [-0.1, -0.05) is 26.0 Å². The number of carbonyl (C=O) groups excluding carboxylic acids is 2. The summed E-state index contributed by atoms with van der Waals surface area (Å²) in [4.78, 5) is 42.2. The number of hydrogen-bond acceptors (Lipinski definition) is 7. The Bertz CT molecular complexity index is 1130. The Labute approximate surface area is 193 Å². The molecular weight excluding hydrogens is 418 g/mol. The van der Waals surface area contributed by atoms with Crippen LogP contribution in [0.1, 0.15) is 30.0 Å². The Hall–Kier alpha value is -3.59. The summed E-state index contributed by atoms with van der Waals surface area (Å²) in [6, 6.07) is 10.7. The van der Waals surface area contributed by atoms with E-state index in [0.717, 1.165) is 24.0 Å². The number of nitrogens with zero attached hydrogens (tertiary/aromatic N) is 5. The third-order valence-electron chi connectivity index (χ3n) is 5.85. The molecule has 3 aromatic rings. The number of nitrogens with one attached hydrogen (secondary N) is 1. The van der Waals surface area contributed by atoms with Crippen molar-refractivity contribution in [1.29, 1.82) is 0 Å². The Morgan fingerprint density at radius 3 is 2.48 bits per heavy atom. The van der Waals surface area contributed by atoms with Crippen LogP contribution < -0.4 is 11.1 Å². The van der Waals surface area contributed by atoms with E-state index in [1.54, 1.807) is 24.5 Å². The Morgan fingerprint density at radius 2 is 1.82 bits per heavy atom. The predicted octanol–water partition coefficient (Wildman–Crippen LogP) is 1.90. The molecule has 1 fully saturated rings. The third-order valence-corrected chi connectivity index (χ3v) is 5.85. The van der Waals surface area contributed by atoms with Crippen molar-refractivity contribution in [1.82, 2.24) is 24.8 Å².